The van der Waals surface area contributed by atoms with Gasteiger partial charge in [-0.3, -0.25) is 0 Å². The first kappa shape index (κ1) is 16.1. The number of anilines is 1. The number of ether oxygens (including phenoxy) is 1. The third-order valence-electron chi connectivity index (χ3n) is 3.53. The second-order valence-corrected chi connectivity index (χ2v) is 6.90. The Morgan fingerprint density at radius 1 is 1.04 bits per heavy atom. The maximum atomic E-state index is 12.5. The smallest absolute Gasteiger partial charge is 0.264 e. The average molecular weight is 344 g/mol. The molecule has 2 aromatic carbocycles. The van der Waals surface area contributed by atoms with Crippen molar-refractivity contribution < 1.29 is 17.7 Å². The Hall–Kier alpha value is -2.80. The minimum atomic E-state index is -3.75. The first-order valence-electron chi connectivity index (χ1n) is 7.18. The van der Waals surface area contributed by atoms with E-state index in [1.54, 1.807) is 55.6 Å². The molecule has 1 heterocycles. The molecule has 6 nitrogen and oxygen atoms in total. The van der Waals surface area contributed by atoms with Crippen LogP contribution in [0.3, 0.4) is 0 Å². The van der Waals surface area contributed by atoms with E-state index in [9.17, 15) is 8.42 Å². The van der Waals surface area contributed by atoms with E-state index >= 15 is 0 Å². The third kappa shape index (κ3) is 3.26. The molecule has 0 aliphatic heterocycles. The normalized spacial score (nSPS) is 11.2. The molecule has 0 aliphatic carbocycles. The van der Waals surface area contributed by atoms with Crippen LogP contribution >= 0.6 is 0 Å². The highest BCUT2D eigenvalue weighted by atomic mass is 32.2. The third-order valence-corrected chi connectivity index (χ3v) is 4.88. The molecule has 0 saturated carbocycles. The van der Waals surface area contributed by atoms with Crippen LogP contribution < -0.4 is 9.46 Å². The van der Waals surface area contributed by atoms with Gasteiger partial charge in [0.05, 0.1) is 23.8 Å². The molecule has 1 aromatic heterocycles. The molecule has 0 saturated heterocycles. The maximum absolute atomic E-state index is 12.5. The van der Waals surface area contributed by atoms with Crippen molar-refractivity contribution in [2.24, 2.45) is 0 Å². The fourth-order valence-electron chi connectivity index (χ4n) is 2.19. The van der Waals surface area contributed by atoms with Gasteiger partial charge in [0.2, 0.25) is 5.88 Å². The molecule has 0 atom stereocenters. The summed E-state index contributed by atoms with van der Waals surface area (Å²) in [5.74, 6) is 0.776. The molecule has 1 N–H and O–H groups in total. The topological polar surface area (TPSA) is 81.4 Å². The van der Waals surface area contributed by atoms with Crippen molar-refractivity contribution in [2.75, 3.05) is 11.8 Å². The SMILES string of the molecule is COc1ccc(-c2cnoc2NS(=O)(=O)c2ccc(C)cc2)cc1. The molecule has 124 valence electrons. The number of aromatic nitrogens is 1. The van der Waals surface area contributed by atoms with E-state index < -0.39 is 10.0 Å². The number of benzene rings is 2. The zero-order valence-corrected chi connectivity index (χ0v) is 14.0. The Kier molecular flexibility index (Phi) is 4.26. The molecule has 0 radical (unpaired) electrons. The van der Waals surface area contributed by atoms with E-state index in [4.69, 9.17) is 9.26 Å². The van der Waals surface area contributed by atoms with Crippen LogP contribution in [0.5, 0.6) is 5.75 Å². The number of aryl methyl sites for hydroxylation is 1. The van der Waals surface area contributed by atoms with Crippen molar-refractivity contribution in [3.05, 3.63) is 60.3 Å². The number of rotatable bonds is 5. The summed E-state index contributed by atoms with van der Waals surface area (Å²) in [4.78, 5) is 0.158. The van der Waals surface area contributed by atoms with E-state index in [0.29, 0.717) is 11.3 Å². The first-order chi connectivity index (χ1) is 11.5. The summed E-state index contributed by atoms with van der Waals surface area (Å²) < 4.78 is 37.6. The van der Waals surface area contributed by atoms with Gasteiger partial charge in [-0.2, -0.15) is 0 Å². The van der Waals surface area contributed by atoms with Crippen LogP contribution in [0.4, 0.5) is 5.88 Å². The number of nitrogens with one attached hydrogen (secondary N) is 1. The Balaban J connectivity index is 1.91. The van der Waals surface area contributed by atoms with Gasteiger partial charge in [0.25, 0.3) is 10.0 Å². The molecular weight excluding hydrogens is 328 g/mol. The van der Waals surface area contributed by atoms with E-state index in [0.717, 1.165) is 11.1 Å². The van der Waals surface area contributed by atoms with E-state index in [1.165, 1.54) is 6.20 Å². The fraction of sp³-hybridized carbons (Fsp3) is 0.118. The highest BCUT2D eigenvalue weighted by Gasteiger charge is 2.19. The van der Waals surface area contributed by atoms with Gasteiger partial charge < -0.3 is 9.26 Å². The van der Waals surface area contributed by atoms with Crippen molar-refractivity contribution in [3.63, 3.8) is 0 Å². The van der Waals surface area contributed by atoms with Gasteiger partial charge in [-0.15, -0.1) is 0 Å². The highest BCUT2D eigenvalue weighted by Crippen LogP contribution is 2.30. The van der Waals surface area contributed by atoms with Crippen LogP contribution in [0.15, 0.2) is 64.1 Å². The van der Waals surface area contributed by atoms with Crippen molar-refractivity contribution in [1.29, 1.82) is 0 Å². The maximum Gasteiger partial charge on any atom is 0.264 e. The summed E-state index contributed by atoms with van der Waals surface area (Å²) in [6.07, 6.45) is 1.47. The lowest BCUT2D eigenvalue weighted by Gasteiger charge is -2.07. The second kappa shape index (κ2) is 6.37. The first-order valence-corrected chi connectivity index (χ1v) is 8.66. The molecule has 0 unspecified atom stereocenters. The summed E-state index contributed by atoms with van der Waals surface area (Å²) >= 11 is 0. The molecule has 3 aromatic rings. The van der Waals surface area contributed by atoms with Gasteiger partial charge in [-0.25, -0.2) is 13.1 Å². The summed E-state index contributed by atoms with van der Waals surface area (Å²) in [5, 5.41) is 3.70. The summed E-state index contributed by atoms with van der Waals surface area (Å²) in [7, 11) is -2.17. The monoisotopic (exact) mass is 344 g/mol. The van der Waals surface area contributed by atoms with Crippen LogP contribution in [0.25, 0.3) is 11.1 Å². The Bertz CT molecular complexity index is 929. The minimum Gasteiger partial charge on any atom is -0.497 e. The number of nitrogens with zero attached hydrogens (tertiary/aromatic N) is 1. The van der Waals surface area contributed by atoms with Crippen LogP contribution in [0.1, 0.15) is 5.56 Å². The molecule has 3 rings (SSSR count). The lowest BCUT2D eigenvalue weighted by atomic mass is 10.1. The van der Waals surface area contributed by atoms with E-state index in [2.05, 4.69) is 9.88 Å². The molecule has 0 fully saturated rings. The van der Waals surface area contributed by atoms with Gasteiger partial charge in [0.1, 0.15) is 5.75 Å². The molecule has 7 heteroatoms. The Morgan fingerprint density at radius 3 is 2.33 bits per heavy atom. The fourth-order valence-corrected chi connectivity index (χ4v) is 3.19. The van der Waals surface area contributed by atoms with Crippen LogP contribution in [0, 0.1) is 6.92 Å². The van der Waals surface area contributed by atoms with Gasteiger partial charge >= 0.3 is 0 Å². The summed E-state index contributed by atoms with van der Waals surface area (Å²) in [6.45, 7) is 1.89. The molecule has 24 heavy (non-hydrogen) atoms. The second-order valence-electron chi connectivity index (χ2n) is 5.22. The van der Waals surface area contributed by atoms with Crippen LogP contribution in [-0.4, -0.2) is 20.7 Å². The largest absolute Gasteiger partial charge is 0.497 e. The minimum absolute atomic E-state index is 0.0701. The lowest BCUT2D eigenvalue weighted by molar-refractivity contribution is 0.415. The highest BCUT2D eigenvalue weighted by molar-refractivity contribution is 7.92. The summed E-state index contributed by atoms with van der Waals surface area (Å²) in [6, 6.07) is 13.7. The Morgan fingerprint density at radius 2 is 1.71 bits per heavy atom. The number of sulfonamides is 1. The summed E-state index contributed by atoms with van der Waals surface area (Å²) in [5.41, 5.74) is 2.29. The zero-order valence-electron chi connectivity index (χ0n) is 13.2. The standard InChI is InChI=1S/C17H16N2O4S/c1-12-3-9-15(10-4-12)24(20,21)19-17-16(11-18-23-17)13-5-7-14(22-2)8-6-13/h3-11,19H,1-2H3. The predicted molar refractivity (Wildman–Crippen MR) is 90.5 cm³/mol. The van der Waals surface area contributed by atoms with Crippen LogP contribution in [-0.2, 0) is 10.0 Å². The van der Waals surface area contributed by atoms with Crippen molar-refractivity contribution in [1.82, 2.24) is 5.16 Å². The molecule has 0 amide bonds. The average Bonchev–Trinajstić information content (AvgIpc) is 3.02. The van der Waals surface area contributed by atoms with Crippen molar-refractivity contribution in [3.8, 4) is 16.9 Å². The number of hydrogen-bond donors (Lipinski definition) is 1. The number of methoxy groups -OCH3 is 1. The van der Waals surface area contributed by atoms with Crippen LogP contribution in [0.2, 0.25) is 0 Å². The molecule has 0 spiro atoms. The predicted octanol–water partition coefficient (Wildman–Crippen LogP) is 3.46. The van der Waals surface area contributed by atoms with Crippen molar-refractivity contribution >= 4 is 15.9 Å². The van der Waals surface area contributed by atoms with Gasteiger partial charge in [-0.1, -0.05) is 35.0 Å². The van der Waals surface area contributed by atoms with E-state index in [-0.39, 0.29) is 10.8 Å². The quantitative estimate of drug-likeness (QED) is 0.766. The van der Waals surface area contributed by atoms with Gasteiger partial charge in [-0.05, 0) is 36.8 Å². The number of hydrogen-bond acceptors (Lipinski definition) is 5. The lowest BCUT2D eigenvalue weighted by Crippen LogP contribution is -2.13. The zero-order chi connectivity index (χ0) is 17.2. The molecular formula is C17H16N2O4S. The molecule has 0 bridgehead atoms. The van der Waals surface area contributed by atoms with Crippen molar-refractivity contribution in [2.45, 2.75) is 11.8 Å². The van der Waals surface area contributed by atoms with Gasteiger partial charge in [0.15, 0.2) is 0 Å². The molecule has 0 aliphatic rings. The van der Waals surface area contributed by atoms with E-state index in [1.807, 2.05) is 6.92 Å². The van der Waals surface area contributed by atoms with Gasteiger partial charge in [0, 0.05) is 0 Å². The Labute approximate surface area is 140 Å².